The van der Waals surface area contributed by atoms with Gasteiger partial charge in [-0.2, -0.15) is 21.6 Å². The van der Waals surface area contributed by atoms with Crippen molar-refractivity contribution in [3.63, 3.8) is 0 Å². The van der Waals surface area contributed by atoms with Crippen molar-refractivity contribution in [3.8, 4) is 5.75 Å². The van der Waals surface area contributed by atoms with Gasteiger partial charge >= 0.3 is 15.6 Å². The van der Waals surface area contributed by atoms with E-state index in [0.29, 0.717) is 25.0 Å². The summed E-state index contributed by atoms with van der Waals surface area (Å²) in [5, 5.41) is 0. The number of alkyl halides is 3. The molecule has 0 bridgehead atoms. The Morgan fingerprint density at radius 1 is 1.05 bits per heavy atom. The van der Waals surface area contributed by atoms with Crippen LogP contribution in [0.25, 0.3) is 0 Å². The zero-order valence-electron chi connectivity index (χ0n) is 24.7. The third kappa shape index (κ3) is 6.28. The number of hydrogen-bond donors (Lipinski definition) is 0. The van der Waals surface area contributed by atoms with Crippen molar-refractivity contribution < 1.29 is 44.7 Å². The van der Waals surface area contributed by atoms with Gasteiger partial charge in [0, 0.05) is 7.11 Å². The summed E-state index contributed by atoms with van der Waals surface area (Å²) in [6.07, 6.45) is 4.42. The quantitative estimate of drug-likeness (QED) is 0.132. The van der Waals surface area contributed by atoms with E-state index in [-0.39, 0.29) is 53.5 Å². The van der Waals surface area contributed by atoms with Crippen LogP contribution in [0.1, 0.15) is 65.4 Å². The fourth-order valence-corrected chi connectivity index (χ4v) is 8.41. The van der Waals surface area contributed by atoms with Crippen LogP contribution >= 0.6 is 0 Å². The van der Waals surface area contributed by atoms with Crippen molar-refractivity contribution in [2.75, 3.05) is 21.0 Å². The Hall–Kier alpha value is -1.82. The monoisotopic (exact) mass is 604 g/mol. The number of allylic oxidation sites excluding steroid dienone is 1. The summed E-state index contributed by atoms with van der Waals surface area (Å²) in [6, 6.07) is 7.66. The summed E-state index contributed by atoms with van der Waals surface area (Å²) >= 11 is 0. The Bertz CT molecular complexity index is 1180. The van der Waals surface area contributed by atoms with E-state index in [1.54, 1.807) is 14.2 Å². The fourth-order valence-electron chi connectivity index (χ4n) is 8.06. The lowest BCUT2D eigenvalue weighted by Gasteiger charge is -2.64. The topological polar surface area (TPSA) is 80.3 Å². The van der Waals surface area contributed by atoms with Crippen LogP contribution in [0.5, 0.6) is 5.75 Å². The van der Waals surface area contributed by atoms with Gasteiger partial charge < -0.3 is 23.1 Å². The lowest BCUT2D eigenvalue weighted by molar-refractivity contribution is -0.224. The van der Waals surface area contributed by atoms with E-state index in [1.807, 2.05) is 31.2 Å². The van der Waals surface area contributed by atoms with Crippen LogP contribution < -0.4 is 4.74 Å². The van der Waals surface area contributed by atoms with Crippen LogP contribution in [0, 0.1) is 34.5 Å². The van der Waals surface area contributed by atoms with Gasteiger partial charge in [0.05, 0.1) is 25.9 Å². The van der Waals surface area contributed by atoms with Gasteiger partial charge in [-0.05, 0) is 89.9 Å². The molecule has 7 atom stereocenters. The van der Waals surface area contributed by atoms with Gasteiger partial charge in [0.15, 0.2) is 0 Å². The molecule has 3 unspecified atom stereocenters. The molecule has 4 rings (SSSR count). The number of rotatable bonds is 9. The molecule has 3 aliphatic rings. The summed E-state index contributed by atoms with van der Waals surface area (Å²) in [6.45, 7) is 9.41. The first-order chi connectivity index (χ1) is 19.2. The molecule has 0 radical (unpaired) electrons. The molecule has 11 heteroatoms. The Kier molecular flexibility index (Phi) is 9.43. The predicted molar refractivity (Wildman–Crippen MR) is 147 cm³/mol. The first-order valence-corrected chi connectivity index (χ1v) is 15.6. The molecule has 0 spiro atoms. The fraction of sp³-hybridized carbons (Fsp3) is 0.733. The van der Waals surface area contributed by atoms with E-state index in [0.717, 1.165) is 36.8 Å². The molecule has 232 valence electrons. The van der Waals surface area contributed by atoms with Gasteiger partial charge in [0.25, 0.3) is 0 Å². The molecule has 3 aliphatic carbocycles. The number of hydrogen-bond acceptors (Lipinski definition) is 7. The SMILES string of the molecule is COCO[C@H]1CC[C@]2(C)C3CC/C(=C/OS(=O)(=O)C(F)(F)F)[C@H](C)C3[C@@H](OCc3ccc(OC)cc3)CC2C1(C)C. The lowest BCUT2D eigenvalue weighted by atomic mass is 9.42. The maximum absolute atomic E-state index is 13.0. The van der Waals surface area contributed by atoms with E-state index in [2.05, 4.69) is 25.0 Å². The Morgan fingerprint density at radius 3 is 2.34 bits per heavy atom. The van der Waals surface area contributed by atoms with E-state index in [1.165, 1.54) is 0 Å². The van der Waals surface area contributed by atoms with Crippen LogP contribution in [0.2, 0.25) is 0 Å². The third-order valence-corrected chi connectivity index (χ3v) is 11.1. The minimum absolute atomic E-state index is 0.0149. The molecule has 0 heterocycles. The number of ether oxygens (including phenoxy) is 4. The maximum Gasteiger partial charge on any atom is 0.534 e. The van der Waals surface area contributed by atoms with E-state index in [4.69, 9.17) is 18.9 Å². The summed E-state index contributed by atoms with van der Waals surface area (Å²) in [5.41, 5.74) is -4.13. The van der Waals surface area contributed by atoms with Gasteiger partial charge in [-0.15, -0.1) is 0 Å². The molecule has 7 nitrogen and oxygen atoms in total. The average molecular weight is 605 g/mol. The molecule has 3 saturated carbocycles. The second-order valence-corrected chi connectivity index (χ2v) is 14.2. The van der Waals surface area contributed by atoms with Crippen molar-refractivity contribution in [1.82, 2.24) is 0 Å². The van der Waals surface area contributed by atoms with Crippen LogP contribution in [-0.2, 0) is 35.1 Å². The van der Waals surface area contributed by atoms with Gasteiger partial charge in [-0.1, -0.05) is 39.8 Å². The Labute approximate surface area is 241 Å². The molecule has 0 aromatic heterocycles. The second-order valence-electron chi connectivity index (χ2n) is 12.6. The van der Waals surface area contributed by atoms with Crippen molar-refractivity contribution in [1.29, 1.82) is 0 Å². The summed E-state index contributed by atoms with van der Waals surface area (Å²) in [7, 11) is -2.49. The Balaban J connectivity index is 1.65. The molecule has 0 saturated heterocycles. The van der Waals surface area contributed by atoms with Crippen molar-refractivity contribution in [3.05, 3.63) is 41.7 Å². The van der Waals surface area contributed by atoms with Gasteiger partial charge in [0.2, 0.25) is 0 Å². The average Bonchev–Trinajstić information content (AvgIpc) is 2.91. The normalized spacial score (nSPS) is 34.5. The zero-order chi connectivity index (χ0) is 30.2. The lowest BCUT2D eigenvalue weighted by Crippen LogP contribution is -2.61. The smallest absolute Gasteiger partial charge is 0.497 e. The van der Waals surface area contributed by atoms with Crippen LogP contribution in [-0.4, -0.2) is 47.1 Å². The third-order valence-electron chi connectivity index (χ3n) is 10.2. The first-order valence-electron chi connectivity index (χ1n) is 14.2. The van der Waals surface area contributed by atoms with Crippen LogP contribution in [0.15, 0.2) is 36.1 Å². The standard InChI is InChI=1S/C30H43F3O7S/c1-19-21(17-40-41(34,35)30(31,32)33)9-12-23-27(19)24(38-16-20-7-10-22(37-6)11-8-20)15-25-28(2,3)26(39-18-36-5)13-14-29(23,25)4/h7-8,10-11,17,19,23-27H,9,12-16,18H2,1-6H3/b21-17-/t19-,23?,24-,25?,26-,27?,29+/m0/s1. The first kappa shape index (κ1) is 32.1. The Morgan fingerprint density at radius 2 is 1.73 bits per heavy atom. The van der Waals surface area contributed by atoms with Crippen molar-refractivity contribution in [2.45, 2.75) is 84.1 Å². The van der Waals surface area contributed by atoms with Crippen molar-refractivity contribution >= 4 is 10.1 Å². The minimum Gasteiger partial charge on any atom is -0.497 e. The van der Waals surface area contributed by atoms with Crippen LogP contribution in [0.3, 0.4) is 0 Å². The summed E-state index contributed by atoms with van der Waals surface area (Å²) in [4.78, 5) is 0. The molecule has 1 aromatic carbocycles. The molecule has 41 heavy (non-hydrogen) atoms. The van der Waals surface area contributed by atoms with Gasteiger partial charge in [-0.25, -0.2) is 0 Å². The molecule has 0 N–H and O–H groups in total. The van der Waals surface area contributed by atoms with E-state index < -0.39 is 15.6 Å². The molecule has 1 aromatic rings. The molecular weight excluding hydrogens is 561 g/mol. The maximum atomic E-state index is 13.0. The second kappa shape index (κ2) is 12.1. The van der Waals surface area contributed by atoms with Gasteiger partial charge in [0.1, 0.15) is 18.8 Å². The zero-order valence-corrected chi connectivity index (χ0v) is 25.5. The highest BCUT2D eigenvalue weighted by Gasteiger charge is 2.62. The summed E-state index contributed by atoms with van der Waals surface area (Å²) in [5.74, 6) is 1.02. The highest BCUT2D eigenvalue weighted by molar-refractivity contribution is 7.87. The number of halogens is 3. The van der Waals surface area contributed by atoms with E-state index in [9.17, 15) is 21.6 Å². The largest absolute Gasteiger partial charge is 0.534 e. The molecule has 3 fully saturated rings. The highest BCUT2D eigenvalue weighted by Crippen LogP contribution is 2.65. The molecule has 0 aliphatic heterocycles. The van der Waals surface area contributed by atoms with Crippen LogP contribution in [0.4, 0.5) is 13.2 Å². The highest BCUT2D eigenvalue weighted by atomic mass is 32.2. The van der Waals surface area contributed by atoms with E-state index >= 15 is 0 Å². The molecule has 0 amide bonds. The number of benzene rings is 1. The predicted octanol–water partition coefficient (Wildman–Crippen LogP) is 6.83. The molecular formula is C30H43F3O7S. The van der Waals surface area contributed by atoms with Crippen molar-refractivity contribution in [2.24, 2.45) is 34.5 Å². The minimum atomic E-state index is -5.72. The summed E-state index contributed by atoms with van der Waals surface area (Å²) < 4.78 is 89.8. The van der Waals surface area contributed by atoms with Gasteiger partial charge in [-0.3, -0.25) is 0 Å². The number of fused-ring (bicyclic) bond motifs is 3. The number of methoxy groups -OCH3 is 2.